The number of aliphatic carboxylic acids is 1. The minimum atomic E-state index is -0.859. The zero-order valence-corrected chi connectivity index (χ0v) is 13.3. The van der Waals surface area contributed by atoms with Gasteiger partial charge < -0.3 is 9.84 Å². The zero-order chi connectivity index (χ0) is 16.1. The Morgan fingerprint density at radius 2 is 1.86 bits per heavy atom. The lowest BCUT2D eigenvalue weighted by molar-refractivity contribution is -0.136. The fourth-order valence-electron chi connectivity index (χ4n) is 1.81. The molecular formula is C16H13ClO4S. The number of esters is 1. The van der Waals surface area contributed by atoms with Crippen molar-refractivity contribution in [1.82, 2.24) is 0 Å². The van der Waals surface area contributed by atoms with Crippen LogP contribution in [0.2, 0.25) is 5.02 Å². The van der Waals surface area contributed by atoms with E-state index < -0.39 is 11.9 Å². The molecule has 0 bridgehead atoms. The zero-order valence-electron chi connectivity index (χ0n) is 11.7. The van der Waals surface area contributed by atoms with Crippen LogP contribution in [0.25, 0.3) is 0 Å². The summed E-state index contributed by atoms with van der Waals surface area (Å²) in [5.41, 5.74) is 1.14. The van der Waals surface area contributed by atoms with Crippen LogP contribution in [-0.2, 0) is 16.0 Å². The molecule has 6 heteroatoms. The van der Waals surface area contributed by atoms with Gasteiger partial charge in [-0.1, -0.05) is 35.5 Å². The van der Waals surface area contributed by atoms with Gasteiger partial charge in [0.25, 0.3) is 0 Å². The van der Waals surface area contributed by atoms with E-state index in [0.717, 1.165) is 15.4 Å². The van der Waals surface area contributed by atoms with Gasteiger partial charge in [-0.15, -0.1) is 0 Å². The normalized spacial score (nSPS) is 10.3. The monoisotopic (exact) mass is 336 g/mol. The quantitative estimate of drug-likeness (QED) is 0.839. The first kappa shape index (κ1) is 16.4. The SMILES string of the molecule is COC(=O)c1ccc(Sc2ccc(CC(=O)O)cc2)c(Cl)c1. The molecule has 0 radical (unpaired) electrons. The van der Waals surface area contributed by atoms with Crippen LogP contribution in [0, 0.1) is 0 Å². The van der Waals surface area contributed by atoms with Gasteiger partial charge in [0.2, 0.25) is 0 Å². The predicted octanol–water partition coefficient (Wildman–Crippen LogP) is 3.90. The smallest absolute Gasteiger partial charge is 0.337 e. The number of carbonyl (C=O) groups is 2. The van der Waals surface area contributed by atoms with E-state index in [-0.39, 0.29) is 6.42 Å². The van der Waals surface area contributed by atoms with Gasteiger partial charge >= 0.3 is 11.9 Å². The van der Waals surface area contributed by atoms with Crippen molar-refractivity contribution in [2.45, 2.75) is 16.2 Å². The lowest BCUT2D eigenvalue weighted by Crippen LogP contribution is -2.00. The second-order valence-corrected chi connectivity index (χ2v) is 5.98. The third-order valence-electron chi connectivity index (χ3n) is 2.86. The summed E-state index contributed by atoms with van der Waals surface area (Å²) < 4.78 is 4.64. The van der Waals surface area contributed by atoms with Gasteiger partial charge in [-0.3, -0.25) is 4.79 Å². The van der Waals surface area contributed by atoms with E-state index in [0.29, 0.717) is 10.6 Å². The number of rotatable bonds is 5. The molecule has 1 N–H and O–H groups in total. The summed E-state index contributed by atoms with van der Waals surface area (Å²) in [6.45, 7) is 0. The molecule has 2 rings (SSSR count). The van der Waals surface area contributed by atoms with Crippen molar-refractivity contribution in [3.8, 4) is 0 Å². The molecule has 0 aliphatic rings. The lowest BCUT2D eigenvalue weighted by atomic mass is 10.2. The fraction of sp³-hybridized carbons (Fsp3) is 0.125. The highest BCUT2D eigenvalue weighted by Gasteiger charge is 2.10. The van der Waals surface area contributed by atoms with Crippen molar-refractivity contribution in [2.24, 2.45) is 0 Å². The van der Waals surface area contributed by atoms with Crippen LogP contribution in [0.3, 0.4) is 0 Å². The van der Waals surface area contributed by atoms with Gasteiger partial charge in [-0.05, 0) is 35.9 Å². The van der Waals surface area contributed by atoms with Crippen LogP contribution in [-0.4, -0.2) is 24.2 Å². The molecule has 0 saturated carbocycles. The molecule has 0 aliphatic heterocycles. The van der Waals surface area contributed by atoms with Crippen LogP contribution in [0.5, 0.6) is 0 Å². The second-order valence-electron chi connectivity index (χ2n) is 4.45. The Balaban J connectivity index is 2.13. The topological polar surface area (TPSA) is 63.6 Å². The van der Waals surface area contributed by atoms with E-state index >= 15 is 0 Å². The summed E-state index contributed by atoms with van der Waals surface area (Å²) in [6.07, 6.45) is -0.000467. The Morgan fingerprint density at radius 3 is 2.41 bits per heavy atom. The van der Waals surface area contributed by atoms with Crippen molar-refractivity contribution >= 4 is 35.3 Å². The average Bonchev–Trinajstić information content (AvgIpc) is 2.50. The number of hydrogen-bond acceptors (Lipinski definition) is 4. The van der Waals surface area contributed by atoms with Crippen molar-refractivity contribution < 1.29 is 19.4 Å². The van der Waals surface area contributed by atoms with Gasteiger partial charge in [-0.2, -0.15) is 0 Å². The van der Waals surface area contributed by atoms with Crippen LogP contribution in [0.1, 0.15) is 15.9 Å². The average molecular weight is 337 g/mol. The van der Waals surface area contributed by atoms with E-state index in [9.17, 15) is 9.59 Å². The fourth-order valence-corrected chi connectivity index (χ4v) is 2.92. The summed E-state index contributed by atoms with van der Waals surface area (Å²) in [6, 6.07) is 12.2. The van der Waals surface area contributed by atoms with Crippen LogP contribution in [0.4, 0.5) is 0 Å². The van der Waals surface area contributed by atoms with Gasteiger partial charge in [0.15, 0.2) is 0 Å². The summed E-state index contributed by atoms with van der Waals surface area (Å²) in [4.78, 5) is 23.8. The number of methoxy groups -OCH3 is 1. The van der Waals surface area contributed by atoms with E-state index in [1.54, 1.807) is 30.3 Å². The standard InChI is InChI=1S/C16H13ClO4S/c1-21-16(20)11-4-7-14(13(17)9-11)22-12-5-2-10(3-6-12)8-15(18)19/h2-7,9H,8H2,1H3,(H,18,19). The van der Waals surface area contributed by atoms with Gasteiger partial charge in [0, 0.05) is 9.79 Å². The number of carboxylic acid groups (broad SMARTS) is 1. The molecule has 0 aromatic heterocycles. The molecule has 0 saturated heterocycles. The number of hydrogen-bond donors (Lipinski definition) is 1. The Morgan fingerprint density at radius 1 is 1.18 bits per heavy atom. The minimum Gasteiger partial charge on any atom is -0.481 e. The molecule has 22 heavy (non-hydrogen) atoms. The predicted molar refractivity (Wildman–Crippen MR) is 84.7 cm³/mol. The van der Waals surface area contributed by atoms with Crippen molar-refractivity contribution in [1.29, 1.82) is 0 Å². The molecule has 114 valence electrons. The molecule has 2 aromatic rings. The molecule has 0 unspecified atom stereocenters. The van der Waals surface area contributed by atoms with Crippen molar-refractivity contribution in [3.63, 3.8) is 0 Å². The summed E-state index contributed by atoms with van der Waals surface area (Å²) >= 11 is 7.61. The van der Waals surface area contributed by atoms with Crippen LogP contribution in [0.15, 0.2) is 52.3 Å². The molecule has 0 heterocycles. The third kappa shape index (κ3) is 4.26. The number of carbonyl (C=O) groups excluding carboxylic acids is 1. The second kappa shape index (κ2) is 7.33. The van der Waals surface area contributed by atoms with Gasteiger partial charge in [0.1, 0.15) is 0 Å². The molecule has 0 atom stereocenters. The highest BCUT2D eigenvalue weighted by atomic mass is 35.5. The molecule has 0 fully saturated rings. The molecule has 0 amide bonds. The Kier molecular flexibility index (Phi) is 5.46. The molecule has 0 spiro atoms. The van der Waals surface area contributed by atoms with Crippen LogP contribution >= 0.6 is 23.4 Å². The van der Waals surface area contributed by atoms with Crippen LogP contribution < -0.4 is 0 Å². The first-order valence-electron chi connectivity index (χ1n) is 6.36. The molecule has 0 aliphatic carbocycles. The lowest BCUT2D eigenvalue weighted by Gasteiger charge is -2.07. The molecule has 4 nitrogen and oxygen atoms in total. The van der Waals surface area contributed by atoms with Crippen molar-refractivity contribution in [3.05, 3.63) is 58.6 Å². The van der Waals surface area contributed by atoms with E-state index in [2.05, 4.69) is 4.74 Å². The highest BCUT2D eigenvalue weighted by Crippen LogP contribution is 2.34. The summed E-state index contributed by atoms with van der Waals surface area (Å²) in [5, 5.41) is 9.20. The maximum atomic E-state index is 11.4. The maximum Gasteiger partial charge on any atom is 0.337 e. The third-order valence-corrected chi connectivity index (χ3v) is 4.37. The largest absolute Gasteiger partial charge is 0.481 e. The van der Waals surface area contributed by atoms with Crippen molar-refractivity contribution in [2.75, 3.05) is 7.11 Å². The maximum absolute atomic E-state index is 11.4. The first-order valence-corrected chi connectivity index (χ1v) is 7.55. The molecular weight excluding hydrogens is 324 g/mol. The number of halogens is 1. The summed E-state index contributed by atoms with van der Waals surface area (Å²) in [5.74, 6) is -1.29. The number of benzene rings is 2. The minimum absolute atomic E-state index is 0.000467. The van der Waals surface area contributed by atoms with E-state index in [1.165, 1.54) is 18.9 Å². The van der Waals surface area contributed by atoms with Gasteiger partial charge in [0.05, 0.1) is 24.1 Å². The van der Waals surface area contributed by atoms with E-state index in [1.807, 2.05) is 12.1 Å². The highest BCUT2D eigenvalue weighted by molar-refractivity contribution is 7.99. The first-order chi connectivity index (χ1) is 10.5. The summed E-state index contributed by atoms with van der Waals surface area (Å²) in [7, 11) is 1.32. The molecule has 2 aromatic carbocycles. The Labute approximate surface area is 137 Å². The Hall–Kier alpha value is -1.98. The Bertz CT molecular complexity index is 698. The van der Waals surface area contributed by atoms with E-state index in [4.69, 9.17) is 16.7 Å². The number of carboxylic acids is 1. The van der Waals surface area contributed by atoms with Gasteiger partial charge in [-0.25, -0.2) is 4.79 Å². The number of ether oxygens (including phenoxy) is 1.